The summed E-state index contributed by atoms with van der Waals surface area (Å²) < 4.78 is 10.7. The van der Waals surface area contributed by atoms with E-state index in [0.29, 0.717) is 6.61 Å². The second kappa shape index (κ2) is 4.81. The average molecular weight is 275 g/mol. The lowest BCUT2D eigenvalue weighted by molar-refractivity contribution is -0.153. The van der Waals surface area contributed by atoms with Crippen molar-refractivity contribution in [2.75, 3.05) is 20.3 Å². The van der Waals surface area contributed by atoms with Crippen molar-refractivity contribution in [3.8, 4) is 5.75 Å². The first kappa shape index (κ1) is 13.0. The summed E-state index contributed by atoms with van der Waals surface area (Å²) >= 11 is 0. The number of fused-ring (bicyclic) bond motifs is 3. The number of esters is 1. The van der Waals surface area contributed by atoms with Gasteiger partial charge in [-0.15, -0.1) is 0 Å². The third kappa shape index (κ3) is 1.77. The molecule has 3 atom stereocenters. The predicted octanol–water partition coefficient (Wildman–Crippen LogP) is 1.39. The third-order valence-electron chi connectivity index (χ3n) is 4.07. The van der Waals surface area contributed by atoms with Gasteiger partial charge in [-0.05, 0) is 13.0 Å². The molecule has 1 aromatic rings. The maximum absolute atomic E-state index is 12.4. The number of hydrogen-bond acceptors (Lipinski definition) is 4. The number of amides is 1. The van der Waals surface area contributed by atoms with Crippen LogP contribution in [0.25, 0.3) is 0 Å². The second-order valence-corrected chi connectivity index (χ2v) is 5.14. The molecule has 0 aliphatic carbocycles. The molecular formula is C15H17NO4. The maximum Gasteiger partial charge on any atom is 0.319 e. The molecule has 0 spiro atoms. The van der Waals surface area contributed by atoms with Gasteiger partial charge < -0.3 is 14.4 Å². The molecule has 2 heterocycles. The number of hydrogen-bond donors (Lipinski definition) is 0. The van der Waals surface area contributed by atoms with Crippen molar-refractivity contribution in [3.05, 3.63) is 29.8 Å². The van der Waals surface area contributed by atoms with E-state index in [-0.39, 0.29) is 24.5 Å². The molecule has 0 radical (unpaired) electrons. The minimum Gasteiger partial charge on any atom is -0.493 e. The van der Waals surface area contributed by atoms with Gasteiger partial charge in [0.15, 0.2) is 0 Å². The molecule has 1 fully saturated rings. The molecule has 1 amide bonds. The fourth-order valence-corrected chi connectivity index (χ4v) is 3.19. The van der Waals surface area contributed by atoms with E-state index in [9.17, 15) is 9.59 Å². The summed E-state index contributed by atoms with van der Waals surface area (Å²) in [4.78, 5) is 26.1. The van der Waals surface area contributed by atoms with Crippen LogP contribution in [0.2, 0.25) is 0 Å². The van der Waals surface area contributed by atoms with Gasteiger partial charge in [0, 0.05) is 18.5 Å². The fourth-order valence-electron chi connectivity index (χ4n) is 3.19. The largest absolute Gasteiger partial charge is 0.493 e. The van der Waals surface area contributed by atoms with Crippen molar-refractivity contribution in [3.63, 3.8) is 0 Å². The zero-order chi connectivity index (χ0) is 14.3. The minimum absolute atomic E-state index is 0.109. The van der Waals surface area contributed by atoms with E-state index in [1.165, 1.54) is 0 Å². The Morgan fingerprint density at radius 1 is 1.45 bits per heavy atom. The molecule has 5 heteroatoms. The normalized spacial score (nSPS) is 27.6. The third-order valence-corrected chi connectivity index (χ3v) is 4.07. The lowest BCUT2D eigenvalue weighted by Gasteiger charge is -2.32. The Bertz CT molecular complexity index is 557. The van der Waals surface area contributed by atoms with Gasteiger partial charge in [0.1, 0.15) is 11.7 Å². The molecule has 3 rings (SSSR count). The van der Waals surface area contributed by atoms with Crippen LogP contribution in [0.15, 0.2) is 24.3 Å². The van der Waals surface area contributed by atoms with E-state index < -0.39 is 11.9 Å². The first-order valence-electron chi connectivity index (χ1n) is 6.80. The molecule has 0 N–H and O–H groups in total. The minimum atomic E-state index is -0.752. The molecule has 20 heavy (non-hydrogen) atoms. The molecule has 2 aliphatic heterocycles. The fraction of sp³-hybridized carbons (Fsp3) is 0.467. The van der Waals surface area contributed by atoms with Gasteiger partial charge in [0.2, 0.25) is 5.91 Å². The molecule has 5 nitrogen and oxygen atoms in total. The Morgan fingerprint density at radius 2 is 2.20 bits per heavy atom. The van der Waals surface area contributed by atoms with Gasteiger partial charge in [0.05, 0.1) is 19.3 Å². The monoisotopic (exact) mass is 275 g/mol. The van der Waals surface area contributed by atoms with Crippen molar-refractivity contribution in [1.82, 2.24) is 4.90 Å². The summed E-state index contributed by atoms with van der Waals surface area (Å²) in [5.41, 5.74) is 0.964. The SMILES string of the molecule is CCOC(=O)[C@H]1C(=O)N(C)[C@@H]2c3ccccc3OC[C@H]12. The summed E-state index contributed by atoms with van der Waals surface area (Å²) in [5, 5.41) is 0. The number of carbonyl (C=O) groups excluding carboxylic acids is 2. The lowest BCUT2D eigenvalue weighted by atomic mass is 9.85. The van der Waals surface area contributed by atoms with Crippen LogP contribution in [0, 0.1) is 11.8 Å². The van der Waals surface area contributed by atoms with Crippen LogP contribution in [0.4, 0.5) is 0 Å². The van der Waals surface area contributed by atoms with Crippen molar-refractivity contribution >= 4 is 11.9 Å². The van der Waals surface area contributed by atoms with Crippen LogP contribution in [-0.4, -0.2) is 37.0 Å². The molecular weight excluding hydrogens is 258 g/mol. The van der Waals surface area contributed by atoms with Crippen molar-refractivity contribution in [1.29, 1.82) is 0 Å². The zero-order valence-corrected chi connectivity index (χ0v) is 11.5. The molecule has 1 saturated heterocycles. The number of likely N-dealkylation sites (tertiary alicyclic amines) is 1. The van der Waals surface area contributed by atoms with Gasteiger partial charge in [-0.3, -0.25) is 9.59 Å². The Hall–Kier alpha value is -2.04. The highest BCUT2D eigenvalue weighted by Crippen LogP contribution is 2.47. The Labute approximate surface area is 117 Å². The van der Waals surface area contributed by atoms with Crippen LogP contribution in [0.5, 0.6) is 5.75 Å². The van der Waals surface area contributed by atoms with Crippen LogP contribution in [-0.2, 0) is 14.3 Å². The summed E-state index contributed by atoms with van der Waals surface area (Å²) in [6.07, 6.45) is 0. The molecule has 0 aromatic heterocycles. The Kier molecular flexibility index (Phi) is 3.12. The highest BCUT2D eigenvalue weighted by molar-refractivity contribution is 6.00. The number of para-hydroxylation sites is 1. The second-order valence-electron chi connectivity index (χ2n) is 5.14. The molecule has 0 saturated carbocycles. The smallest absolute Gasteiger partial charge is 0.319 e. The summed E-state index contributed by atoms with van der Waals surface area (Å²) in [7, 11) is 1.74. The first-order valence-corrected chi connectivity index (χ1v) is 6.80. The summed E-state index contributed by atoms with van der Waals surface area (Å²) in [5.74, 6) is -0.767. The number of carbonyl (C=O) groups is 2. The maximum atomic E-state index is 12.4. The molecule has 2 aliphatic rings. The van der Waals surface area contributed by atoms with Crippen LogP contribution in [0.3, 0.4) is 0 Å². The van der Waals surface area contributed by atoms with Crippen LogP contribution in [0.1, 0.15) is 18.5 Å². The van der Waals surface area contributed by atoms with E-state index in [1.54, 1.807) is 18.9 Å². The Morgan fingerprint density at radius 3 is 2.95 bits per heavy atom. The highest BCUT2D eigenvalue weighted by atomic mass is 16.5. The van der Waals surface area contributed by atoms with E-state index >= 15 is 0 Å². The lowest BCUT2D eigenvalue weighted by Crippen LogP contribution is -2.33. The topological polar surface area (TPSA) is 55.8 Å². The van der Waals surface area contributed by atoms with Gasteiger partial charge in [0.25, 0.3) is 0 Å². The highest BCUT2D eigenvalue weighted by Gasteiger charge is 2.53. The number of benzene rings is 1. The number of nitrogens with zero attached hydrogens (tertiary/aromatic N) is 1. The van der Waals surface area contributed by atoms with Crippen molar-refractivity contribution < 1.29 is 19.1 Å². The number of ether oxygens (including phenoxy) is 2. The van der Waals surface area contributed by atoms with Crippen molar-refractivity contribution in [2.45, 2.75) is 13.0 Å². The predicted molar refractivity (Wildman–Crippen MR) is 71.1 cm³/mol. The van der Waals surface area contributed by atoms with E-state index in [2.05, 4.69) is 0 Å². The van der Waals surface area contributed by atoms with Gasteiger partial charge in [-0.2, -0.15) is 0 Å². The molecule has 0 bridgehead atoms. The number of rotatable bonds is 2. The van der Waals surface area contributed by atoms with Crippen molar-refractivity contribution in [2.24, 2.45) is 11.8 Å². The molecule has 1 aromatic carbocycles. The summed E-state index contributed by atoms with van der Waals surface area (Å²) in [6.45, 7) is 2.38. The standard InChI is InChI=1S/C15H17NO4/c1-3-19-15(18)12-10-8-20-11-7-5-4-6-9(11)13(10)16(2)14(12)17/h4-7,10,12-13H,3,8H2,1-2H3/t10-,12-,13-/m1/s1. The van der Waals surface area contributed by atoms with E-state index in [0.717, 1.165) is 11.3 Å². The van der Waals surface area contributed by atoms with E-state index in [4.69, 9.17) is 9.47 Å². The van der Waals surface area contributed by atoms with E-state index in [1.807, 2.05) is 24.3 Å². The van der Waals surface area contributed by atoms with Gasteiger partial charge in [-0.25, -0.2) is 0 Å². The van der Waals surface area contributed by atoms with Crippen LogP contribution < -0.4 is 4.74 Å². The van der Waals surface area contributed by atoms with Gasteiger partial charge >= 0.3 is 5.97 Å². The Balaban J connectivity index is 1.98. The molecule has 106 valence electrons. The zero-order valence-electron chi connectivity index (χ0n) is 11.5. The molecule has 0 unspecified atom stereocenters. The van der Waals surface area contributed by atoms with Crippen LogP contribution >= 0.6 is 0 Å². The quantitative estimate of drug-likeness (QED) is 0.604. The van der Waals surface area contributed by atoms with Gasteiger partial charge in [-0.1, -0.05) is 18.2 Å². The first-order chi connectivity index (χ1) is 9.65. The average Bonchev–Trinajstić information content (AvgIpc) is 2.71. The summed E-state index contributed by atoms with van der Waals surface area (Å²) in [6, 6.07) is 7.55.